The van der Waals surface area contributed by atoms with Crippen molar-refractivity contribution in [1.29, 1.82) is 0 Å². The van der Waals surface area contributed by atoms with Gasteiger partial charge >= 0.3 is 21.1 Å². The summed E-state index contributed by atoms with van der Waals surface area (Å²) < 4.78 is 18.1. The Hall–Kier alpha value is -7.73. The second-order valence-corrected chi connectivity index (χ2v) is 23.0. The van der Waals surface area contributed by atoms with Crippen molar-refractivity contribution in [1.82, 2.24) is 24.1 Å². The van der Waals surface area contributed by atoms with Gasteiger partial charge in [-0.05, 0) is 109 Å². The molecule has 0 aliphatic rings. The van der Waals surface area contributed by atoms with E-state index in [1.807, 2.05) is 30.5 Å². The van der Waals surface area contributed by atoms with Crippen LogP contribution < -0.4 is 4.98 Å². The minimum absolute atomic E-state index is 0. The number of hydrogen-bond donors (Lipinski definition) is 0. The number of para-hydroxylation sites is 2. The fraction of sp³-hybridized carbons (Fsp3) is 0.182. The summed E-state index contributed by atoms with van der Waals surface area (Å²) in [5.74, 6) is 1.61. The summed E-state index contributed by atoms with van der Waals surface area (Å²) in [4.78, 5) is 16.4. The molecule has 0 unspecified atom stereocenters. The fourth-order valence-corrected chi connectivity index (χ4v) is 11.4. The summed E-state index contributed by atoms with van der Waals surface area (Å²) in [6.45, 7) is 20.5. The van der Waals surface area contributed by atoms with Crippen molar-refractivity contribution in [2.45, 2.75) is 78.6 Å². The maximum Gasteiger partial charge on any atom is 2.00 e. The van der Waals surface area contributed by atoms with Crippen LogP contribution in [0.4, 0.5) is 0 Å². The number of imidazole rings is 1. The molecule has 0 radical (unpaired) electrons. The Kier molecular flexibility index (Phi) is 10.0. The molecule has 364 valence electrons. The second kappa shape index (κ2) is 16.1. The van der Waals surface area contributed by atoms with Crippen molar-refractivity contribution in [3.63, 3.8) is 0 Å². The topological polar surface area (TPSA) is 76.0 Å². The first-order valence-corrected chi connectivity index (χ1v) is 25.3. The monoisotopic (exact) mass is 1140 g/mol. The van der Waals surface area contributed by atoms with Gasteiger partial charge in [0.05, 0.1) is 5.52 Å². The Balaban J connectivity index is 0.00000528. The minimum Gasteiger partial charge on any atom is -0.656 e. The molecule has 0 bridgehead atoms. The van der Waals surface area contributed by atoms with Gasteiger partial charge in [0, 0.05) is 44.5 Å². The molecule has 7 nitrogen and oxygen atoms in total. The van der Waals surface area contributed by atoms with Gasteiger partial charge in [0.15, 0.2) is 5.58 Å². The number of nitrogens with zero attached hydrogens (tertiary/aromatic N) is 5. The van der Waals surface area contributed by atoms with Gasteiger partial charge in [0.1, 0.15) is 33.9 Å². The minimum atomic E-state index is -0.198. The zero-order valence-electron chi connectivity index (χ0n) is 42.9. The first kappa shape index (κ1) is 46.1. The van der Waals surface area contributed by atoms with Crippen LogP contribution in [0.5, 0.6) is 0 Å². The van der Waals surface area contributed by atoms with Crippen LogP contribution in [-0.4, -0.2) is 19.1 Å². The van der Waals surface area contributed by atoms with Crippen molar-refractivity contribution in [2.75, 3.05) is 0 Å². The SMILES string of the molecule is CC(C)(C)c1cc(-c2nc3c(-c4[c-]c5c(cc4)c4ccc(C(C)(C)C)cc4n5-c4ccccn4)cc4c5ccccc5oc4c3n2-c2ccc3oc4ccccc4c3c2)c2[n-]c3cccc(C(C)(C)C)c3c2c1.[Pt+2]. The van der Waals surface area contributed by atoms with Crippen LogP contribution in [0.25, 0.3) is 133 Å². The summed E-state index contributed by atoms with van der Waals surface area (Å²) in [6.07, 6.45) is 1.87. The summed E-state index contributed by atoms with van der Waals surface area (Å²) >= 11 is 0. The summed E-state index contributed by atoms with van der Waals surface area (Å²) in [7, 11) is 0. The molecule has 6 aromatic heterocycles. The van der Waals surface area contributed by atoms with Crippen LogP contribution >= 0.6 is 0 Å². The Morgan fingerprint density at radius 3 is 1.99 bits per heavy atom. The number of aromatic nitrogens is 5. The quantitative estimate of drug-likeness (QED) is 0.164. The zero-order valence-corrected chi connectivity index (χ0v) is 45.2. The predicted octanol–water partition coefficient (Wildman–Crippen LogP) is 17.6. The average Bonchev–Trinajstić information content (AvgIpc) is 4.20. The van der Waals surface area contributed by atoms with Crippen molar-refractivity contribution >= 4 is 98.5 Å². The molecule has 14 rings (SSSR count). The summed E-state index contributed by atoms with van der Waals surface area (Å²) in [5, 5.41) is 8.67. The standard InChI is InChI=1S/C66H53N5O2.Pt/c1-64(2,3)38-25-28-42-41-27-24-37(31-52(41)71(53(42)34-38)57-23-14-15-30-67-57)45-36-47-44-18-11-13-22-55(44)73-62(47)61-60(45)69-63(70(61)40-26-29-56-46(35-40)43-17-10-12-21-54(43)72-56)49-33-39(65(4,5)6)32-48-58-50(66(7,8)9)19-16-20-51(58)68-59(48)49;/h10-30,32-36H,1-9H3;/q-2;+2. The average molecular weight is 1140 g/mol. The molecule has 0 saturated heterocycles. The van der Waals surface area contributed by atoms with E-state index >= 15 is 0 Å². The first-order valence-electron chi connectivity index (χ1n) is 25.3. The fourth-order valence-electron chi connectivity index (χ4n) is 11.4. The predicted molar refractivity (Wildman–Crippen MR) is 302 cm³/mol. The van der Waals surface area contributed by atoms with Gasteiger partial charge in [-0.2, -0.15) is 0 Å². The van der Waals surface area contributed by atoms with Gasteiger partial charge in [-0.1, -0.05) is 158 Å². The number of fused-ring (bicyclic) bond motifs is 14. The van der Waals surface area contributed by atoms with Gasteiger partial charge in [-0.3, -0.25) is 4.57 Å². The molecular formula is C66H53N5O2Pt. The molecule has 0 atom stereocenters. The summed E-state index contributed by atoms with van der Waals surface area (Å²) in [5.41, 5.74) is 15.9. The van der Waals surface area contributed by atoms with E-state index in [-0.39, 0.29) is 37.3 Å². The van der Waals surface area contributed by atoms with Crippen LogP contribution in [-0.2, 0) is 37.3 Å². The maximum atomic E-state index is 7.09. The van der Waals surface area contributed by atoms with E-state index in [1.165, 1.54) is 22.1 Å². The van der Waals surface area contributed by atoms with Crippen LogP contribution in [0.2, 0.25) is 0 Å². The second-order valence-electron chi connectivity index (χ2n) is 23.0. The van der Waals surface area contributed by atoms with E-state index in [1.54, 1.807) is 0 Å². The summed E-state index contributed by atoms with van der Waals surface area (Å²) in [6, 6.07) is 58.1. The number of hydrogen-bond acceptors (Lipinski definition) is 4. The molecule has 0 saturated carbocycles. The third kappa shape index (κ3) is 6.89. The molecule has 0 amide bonds. The van der Waals surface area contributed by atoms with Gasteiger partial charge in [-0.15, -0.1) is 34.8 Å². The molecule has 8 heteroatoms. The van der Waals surface area contributed by atoms with Crippen LogP contribution in [0.3, 0.4) is 0 Å². The zero-order chi connectivity index (χ0) is 49.9. The third-order valence-electron chi connectivity index (χ3n) is 15.2. The molecule has 8 aromatic carbocycles. The van der Waals surface area contributed by atoms with Crippen molar-refractivity contribution in [3.8, 4) is 34.0 Å². The van der Waals surface area contributed by atoms with Crippen LogP contribution in [0.1, 0.15) is 79.0 Å². The van der Waals surface area contributed by atoms with Gasteiger partial charge < -0.3 is 18.4 Å². The van der Waals surface area contributed by atoms with E-state index < -0.39 is 0 Å². The largest absolute Gasteiger partial charge is 2.00 e. The smallest absolute Gasteiger partial charge is 0.656 e. The van der Waals surface area contributed by atoms with Crippen molar-refractivity contribution in [2.24, 2.45) is 0 Å². The first-order chi connectivity index (χ1) is 35.1. The molecule has 0 aliphatic carbocycles. The van der Waals surface area contributed by atoms with Gasteiger partial charge in [-0.25, -0.2) is 9.97 Å². The normalized spacial score (nSPS) is 12.8. The van der Waals surface area contributed by atoms with E-state index in [0.29, 0.717) is 0 Å². The van der Waals surface area contributed by atoms with Crippen molar-refractivity contribution < 1.29 is 29.9 Å². The molecule has 0 N–H and O–H groups in total. The molecule has 6 heterocycles. The third-order valence-corrected chi connectivity index (χ3v) is 15.2. The van der Waals surface area contributed by atoms with Gasteiger partial charge in [0.25, 0.3) is 0 Å². The number of pyridine rings is 1. The van der Waals surface area contributed by atoms with E-state index in [2.05, 4.69) is 205 Å². The van der Waals surface area contributed by atoms with Crippen LogP contribution in [0.15, 0.2) is 167 Å². The Morgan fingerprint density at radius 1 is 0.527 bits per heavy atom. The van der Waals surface area contributed by atoms with Gasteiger partial charge in [0.2, 0.25) is 0 Å². The Labute approximate surface area is 443 Å². The molecule has 0 aliphatic heterocycles. The molecule has 14 aromatic rings. The molecule has 74 heavy (non-hydrogen) atoms. The number of benzene rings is 8. The Bertz CT molecular complexity index is 4620. The Morgan fingerprint density at radius 2 is 1.24 bits per heavy atom. The number of rotatable bonds is 4. The van der Waals surface area contributed by atoms with E-state index in [9.17, 15) is 0 Å². The van der Waals surface area contributed by atoms with Crippen LogP contribution in [0, 0.1) is 6.07 Å². The molecule has 0 fully saturated rings. The van der Waals surface area contributed by atoms with E-state index in [4.69, 9.17) is 23.8 Å². The van der Waals surface area contributed by atoms with E-state index in [0.717, 1.165) is 127 Å². The number of furan rings is 2. The molecule has 0 spiro atoms. The van der Waals surface area contributed by atoms with Crippen molar-refractivity contribution in [3.05, 3.63) is 181 Å². The maximum absolute atomic E-state index is 7.09. The molecular weight excluding hydrogens is 1090 g/mol.